The van der Waals surface area contributed by atoms with Gasteiger partial charge in [-0.1, -0.05) is 92.7 Å². The van der Waals surface area contributed by atoms with E-state index in [1.807, 2.05) is 42.5 Å². The van der Waals surface area contributed by atoms with Gasteiger partial charge in [0.2, 0.25) is 0 Å². The van der Waals surface area contributed by atoms with E-state index >= 15 is 0 Å². The number of allylic oxidation sites excluding steroid dienone is 2. The van der Waals surface area contributed by atoms with E-state index in [2.05, 4.69) is 74.3 Å². The summed E-state index contributed by atoms with van der Waals surface area (Å²) in [5.74, 6) is 0.212. The van der Waals surface area contributed by atoms with Crippen LogP contribution in [0.2, 0.25) is 0 Å². The first kappa shape index (κ1) is 19.2. The Bertz CT molecular complexity index is 995. The first-order valence-corrected chi connectivity index (χ1v) is 10.2. The van der Waals surface area contributed by atoms with Crippen molar-refractivity contribution in [3.05, 3.63) is 113 Å². The summed E-state index contributed by atoms with van der Waals surface area (Å²) in [5.41, 5.74) is 5.67. The largest absolute Gasteiger partial charge is 0.347 e. The van der Waals surface area contributed by atoms with Crippen LogP contribution in [0.3, 0.4) is 0 Å². The number of carbonyl (C=O) groups excluding carboxylic acids is 1. The number of ketones is 1. The molecular weight excluding hydrogens is 354 g/mol. The van der Waals surface area contributed by atoms with Gasteiger partial charge in [-0.15, -0.1) is 0 Å². The van der Waals surface area contributed by atoms with E-state index in [1.165, 1.54) is 22.4 Å². The van der Waals surface area contributed by atoms with Gasteiger partial charge in [-0.25, -0.2) is 0 Å². The van der Waals surface area contributed by atoms with Gasteiger partial charge in [0.25, 0.3) is 0 Å². The van der Waals surface area contributed by atoms with E-state index in [1.54, 1.807) is 0 Å². The molecule has 2 nitrogen and oxygen atoms in total. The molecule has 146 valence electrons. The number of likely N-dealkylation sites (N-methyl/N-ethyl adjacent to an activating group) is 1. The second-order valence-corrected chi connectivity index (χ2v) is 8.28. The average molecular weight is 382 g/mol. The van der Waals surface area contributed by atoms with Crippen LogP contribution in [0, 0.1) is 0 Å². The van der Waals surface area contributed by atoms with Crippen molar-refractivity contribution in [3.8, 4) is 0 Å². The molecule has 0 amide bonds. The highest BCUT2D eigenvalue weighted by Crippen LogP contribution is 2.46. The molecule has 1 aliphatic heterocycles. The van der Waals surface area contributed by atoms with Gasteiger partial charge >= 0.3 is 0 Å². The average Bonchev–Trinajstić information content (AvgIpc) is 2.94. The van der Waals surface area contributed by atoms with Gasteiger partial charge in [0.15, 0.2) is 5.78 Å². The normalized spacial score (nSPS) is 16.3. The number of rotatable bonds is 5. The van der Waals surface area contributed by atoms with Gasteiger partial charge in [0.1, 0.15) is 0 Å². The predicted octanol–water partition coefficient (Wildman–Crippen LogP) is 6.09. The fourth-order valence-electron chi connectivity index (χ4n) is 4.47. The molecule has 0 unspecified atom stereocenters. The summed E-state index contributed by atoms with van der Waals surface area (Å²) < 4.78 is 0. The third-order valence-electron chi connectivity index (χ3n) is 6.05. The molecule has 0 aliphatic carbocycles. The molecule has 0 radical (unpaired) electrons. The van der Waals surface area contributed by atoms with Crippen LogP contribution in [-0.2, 0) is 10.2 Å². The highest BCUT2D eigenvalue weighted by atomic mass is 16.1. The van der Waals surface area contributed by atoms with E-state index in [4.69, 9.17) is 0 Å². The smallest absolute Gasteiger partial charge is 0.158 e. The van der Waals surface area contributed by atoms with Crippen LogP contribution >= 0.6 is 0 Å². The van der Waals surface area contributed by atoms with Crippen LogP contribution in [0.5, 0.6) is 0 Å². The summed E-state index contributed by atoms with van der Waals surface area (Å²) >= 11 is 0. The SMILES string of the molecule is CN1/C(=C\C(=O)CC(c2ccccc2)c2ccccc2)C(C)(C)c2ccccc21. The Kier molecular flexibility index (Phi) is 5.10. The lowest BCUT2D eigenvalue weighted by Gasteiger charge is -2.24. The number of carbonyl (C=O) groups is 1. The van der Waals surface area contributed by atoms with E-state index in [0.29, 0.717) is 6.42 Å². The Morgan fingerprint density at radius 2 is 1.38 bits per heavy atom. The molecule has 0 spiro atoms. The fourth-order valence-corrected chi connectivity index (χ4v) is 4.47. The third kappa shape index (κ3) is 3.63. The van der Waals surface area contributed by atoms with Gasteiger partial charge < -0.3 is 4.90 Å². The molecule has 0 aromatic heterocycles. The summed E-state index contributed by atoms with van der Waals surface area (Å²) in [6.45, 7) is 4.39. The lowest BCUT2D eigenvalue weighted by molar-refractivity contribution is -0.114. The fraction of sp³-hybridized carbons (Fsp3) is 0.222. The Morgan fingerprint density at radius 1 is 0.862 bits per heavy atom. The second-order valence-electron chi connectivity index (χ2n) is 8.28. The van der Waals surface area contributed by atoms with Crippen LogP contribution in [0.25, 0.3) is 0 Å². The second kappa shape index (κ2) is 7.71. The molecule has 0 fully saturated rings. The number of fused-ring (bicyclic) bond motifs is 1. The van der Waals surface area contributed by atoms with Crippen molar-refractivity contribution in [2.45, 2.75) is 31.6 Å². The number of para-hydroxylation sites is 1. The lowest BCUT2D eigenvalue weighted by Crippen LogP contribution is -2.24. The minimum absolute atomic E-state index is 0.0546. The molecule has 2 heteroatoms. The van der Waals surface area contributed by atoms with Crippen molar-refractivity contribution in [1.82, 2.24) is 0 Å². The molecule has 0 atom stereocenters. The van der Waals surface area contributed by atoms with Crippen molar-refractivity contribution in [2.24, 2.45) is 0 Å². The van der Waals surface area contributed by atoms with Crippen LogP contribution in [0.1, 0.15) is 42.9 Å². The zero-order chi connectivity index (χ0) is 20.4. The van der Waals surface area contributed by atoms with Crippen molar-refractivity contribution < 1.29 is 4.79 Å². The Morgan fingerprint density at radius 3 is 1.93 bits per heavy atom. The standard InChI is InChI=1S/C27H27NO/c1-27(2)24-16-10-11-17-25(24)28(3)26(27)19-22(29)18-23(20-12-6-4-7-13-20)21-14-8-5-9-15-21/h4-17,19,23H,18H2,1-3H3/b26-19-. The zero-order valence-electron chi connectivity index (χ0n) is 17.3. The monoisotopic (exact) mass is 381 g/mol. The molecule has 3 aromatic rings. The summed E-state index contributed by atoms with van der Waals surface area (Å²) in [6, 6.07) is 29.0. The summed E-state index contributed by atoms with van der Waals surface area (Å²) in [4.78, 5) is 15.4. The molecule has 0 saturated heterocycles. The van der Waals surface area contributed by atoms with Gasteiger partial charge in [-0.05, 0) is 22.8 Å². The van der Waals surface area contributed by atoms with Gasteiger partial charge in [-0.2, -0.15) is 0 Å². The number of benzene rings is 3. The summed E-state index contributed by atoms with van der Waals surface area (Å²) in [6.07, 6.45) is 2.32. The molecule has 3 aromatic carbocycles. The zero-order valence-corrected chi connectivity index (χ0v) is 17.3. The van der Waals surface area contributed by atoms with E-state index < -0.39 is 0 Å². The van der Waals surface area contributed by atoms with Crippen LogP contribution in [0.4, 0.5) is 5.69 Å². The highest BCUT2D eigenvalue weighted by molar-refractivity contribution is 5.93. The topological polar surface area (TPSA) is 20.3 Å². The van der Waals surface area contributed by atoms with Crippen LogP contribution < -0.4 is 4.90 Å². The van der Waals surface area contributed by atoms with Crippen molar-refractivity contribution in [3.63, 3.8) is 0 Å². The summed E-state index contributed by atoms with van der Waals surface area (Å²) in [7, 11) is 2.05. The first-order valence-electron chi connectivity index (χ1n) is 10.2. The quantitative estimate of drug-likeness (QED) is 0.499. The Labute approximate surface area is 173 Å². The van der Waals surface area contributed by atoms with Crippen LogP contribution in [0.15, 0.2) is 96.7 Å². The number of nitrogens with zero attached hydrogens (tertiary/aromatic N) is 1. The minimum atomic E-state index is -0.185. The lowest BCUT2D eigenvalue weighted by atomic mass is 9.82. The Hall–Kier alpha value is -3.13. The van der Waals surface area contributed by atoms with Gasteiger partial charge in [0, 0.05) is 42.3 Å². The first-order chi connectivity index (χ1) is 14.0. The van der Waals surface area contributed by atoms with Gasteiger partial charge in [0.05, 0.1) is 0 Å². The molecular formula is C27H27NO. The highest BCUT2D eigenvalue weighted by Gasteiger charge is 2.38. The van der Waals surface area contributed by atoms with E-state index in [0.717, 1.165) is 5.70 Å². The maximum Gasteiger partial charge on any atom is 0.158 e. The van der Waals surface area contributed by atoms with Crippen LogP contribution in [-0.4, -0.2) is 12.8 Å². The molecule has 29 heavy (non-hydrogen) atoms. The van der Waals surface area contributed by atoms with Gasteiger partial charge in [-0.3, -0.25) is 4.79 Å². The molecule has 4 rings (SSSR count). The number of hydrogen-bond donors (Lipinski definition) is 0. The minimum Gasteiger partial charge on any atom is -0.347 e. The summed E-state index contributed by atoms with van der Waals surface area (Å²) in [5, 5.41) is 0. The third-order valence-corrected chi connectivity index (χ3v) is 6.05. The molecule has 1 aliphatic rings. The Balaban J connectivity index is 1.66. The molecule has 1 heterocycles. The van der Waals surface area contributed by atoms with E-state index in [9.17, 15) is 4.79 Å². The molecule has 0 N–H and O–H groups in total. The molecule has 0 bridgehead atoms. The van der Waals surface area contributed by atoms with Crippen molar-refractivity contribution in [1.29, 1.82) is 0 Å². The molecule has 0 saturated carbocycles. The number of anilines is 1. The van der Waals surface area contributed by atoms with E-state index in [-0.39, 0.29) is 17.1 Å². The number of hydrogen-bond acceptors (Lipinski definition) is 2. The maximum atomic E-state index is 13.2. The maximum absolute atomic E-state index is 13.2. The van der Waals surface area contributed by atoms with Crippen molar-refractivity contribution >= 4 is 11.5 Å². The predicted molar refractivity (Wildman–Crippen MR) is 120 cm³/mol. The van der Waals surface area contributed by atoms with Crippen molar-refractivity contribution in [2.75, 3.05) is 11.9 Å².